The molecule has 0 spiro atoms. The summed E-state index contributed by atoms with van der Waals surface area (Å²) in [5, 5.41) is 11.7. The average Bonchev–Trinajstić information content (AvgIpc) is 3.10. The number of carbonyl (C=O) groups excluding carboxylic acids is 2. The molecule has 1 aliphatic rings. The number of hydrogen-bond acceptors (Lipinski definition) is 5. The monoisotopic (exact) mass is 481 g/mol. The summed E-state index contributed by atoms with van der Waals surface area (Å²) < 4.78 is 24.9. The van der Waals surface area contributed by atoms with Gasteiger partial charge in [0, 0.05) is 10.7 Å². The molecule has 174 valence electrons. The van der Waals surface area contributed by atoms with E-state index in [0.29, 0.717) is 28.6 Å². The molecule has 1 atom stereocenters. The molecule has 1 saturated heterocycles. The molecule has 34 heavy (non-hydrogen) atoms. The van der Waals surface area contributed by atoms with Crippen molar-refractivity contribution in [2.45, 2.75) is 13.0 Å². The van der Waals surface area contributed by atoms with E-state index in [-0.39, 0.29) is 16.9 Å². The van der Waals surface area contributed by atoms with Gasteiger partial charge in [0.25, 0.3) is 11.7 Å². The second kappa shape index (κ2) is 9.57. The number of ether oxygens (including phenoxy) is 2. The van der Waals surface area contributed by atoms with Crippen LogP contribution < -0.4 is 14.4 Å². The molecule has 1 heterocycles. The Morgan fingerprint density at radius 2 is 1.82 bits per heavy atom. The molecule has 0 aliphatic carbocycles. The Morgan fingerprint density at radius 3 is 2.50 bits per heavy atom. The number of hydrogen-bond donors (Lipinski definition) is 1. The quantitative estimate of drug-likeness (QED) is 0.285. The van der Waals surface area contributed by atoms with Gasteiger partial charge in [-0.25, -0.2) is 4.39 Å². The lowest BCUT2D eigenvalue weighted by atomic mass is 9.94. The zero-order valence-corrected chi connectivity index (χ0v) is 19.2. The van der Waals surface area contributed by atoms with E-state index in [1.54, 1.807) is 48.5 Å². The first-order chi connectivity index (χ1) is 16.3. The highest BCUT2D eigenvalue weighted by Crippen LogP contribution is 2.44. The van der Waals surface area contributed by atoms with Gasteiger partial charge in [0.05, 0.1) is 30.9 Å². The molecule has 1 aliphatic heterocycles. The van der Waals surface area contributed by atoms with E-state index in [1.807, 2.05) is 6.92 Å². The van der Waals surface area contributed by atoms with E-state index in [2.05, 4.69) is 0 Å². The zero-order chi connectivity index (χ0) is 24.4. The highest BCUT2D eigenvalue weighted by atomic mass is 35.5. The van der Waals surface area contributed by atoms with Gasteiger partial charge in [-0.3, -0.25) is 14.5 Å². The van der Waals surface area contributed by atoms with Crippen molar-refractivity contribution in [1.82, 2.24) is 0 Å². The first-order valence-electron chi connectivity index (χ1n) is 10.5. The smallest absolute Gasteiger partial charge is 0.300 e. The summed E-state index contributed by atoms with van der Waals surface area (Å²) >= 11 is 6.01. The molecular weight excluding hydrogens is 461 g/mol. The van der Waals surface area contributed by atoms with Gasteiger partial charge in [0.15, 0.2) is 0 Å². The predicted octanol–water partition coefficient (Wildman–Crippen LogP) is 5.51. The van der Waals surface area contributed by atoms with Crippen LogP contribution >= 0.6 is 11.6 Å². The fourth-order valence-electron chi connectivity index (χ4n) is 3.97. The molecule has 0 aromatic heterocycles. The Labute approximate surface area is 200 Å². The van der Waals surface area contributed by atoms with Gasteiger partial charge < -0.3 is 14.6 Å². The van der Waals surface area contributed by atoms with Gasteiger partial charge in [-0.1, -0.05) is 23.7 Å². The number of aliphatic hydroxyl groups excluding tert-OH is 1. The molecule has 1 fully saturated rings. The van der Waals surface area contributed by atoms with Gasteiger partial charge >= 0.3 is 0 Å². The maximum atomic E-state index is 14.1. The van der Waals surface area contributed by atoms with Crippen LogP contribution in [0.25, 0.3) is 5.76 Å². The summed E-state index contributed by atoms with van der Waals surface area (Å²) in [6.07, 6.45) is 0. The van der Waals surface area contributed by atoms with Crippen LogP contribution in [0, 0.1) is 5.82 Å². The maximum Gasteiger partial charge on any atom is 0.300 e. The average molecular weight is 482 g/mol. The van der Waals surface area contributed by atoms with Crippen molar-refractivity contribution in [3.63, 3.8) is 0 Å². The van der Waals surface area contributed by atoms with E-state index in [9.17, 15) is 19.1 Å². The van der Waals surface area contributed by atoms with Crippen molar-refractivity contribution in [1.29, 1.82) is 0 Å². The first-order valence-corrected chi connectivity index (χ1v) is 10.9. The third-order valence-electron chi connectivity index (χ3n) is 5.45. The van der Waals surface area contributed by atoms with Crippen LogP contribution in [0.15, 0.2) is 72.3 Å². The van der Waals surface area contributed by atoms with E-state index in [0.717, 1.165) is 6.07 Å². The Morgan fingerprint density at radius 1 is 1.09 bits per heavy atom. The lowest BCUT2D eigenvalue weighted by molar-refractivity contribution is -0.132. The summed E-state index contributed by atoms with van der Waals surface area (Å²) in [5.41, 5.74) is 0.695. The number of Topliss-reactive ketones (excluding diaryl/α,β-unsaturated/α-hetero) is 1. The van der Waals surface area contributed by atoms with Crippen molar-refractivity contribution < 1.29 is 28.6 Å². The minimum absolute atomic E-state index is 0.0393. The number of aliphatic hydroxyl groups is 1. The number of nitrogens with zero attached hydrogens (tertiary/aromatic N) is 1. The number of carbonyl (C=O) groups is 2. The van der Waals surface area contributed by atoms with Gasteiger partial charge in [0.2, 0.25) is 0 Å². The fraction of sp³-hybridized carbons (Fsp3) is 0.154. The van der Waals surface area contributed by atoms with Crippen molar-refractivity contribution in [2.75, 3.05) is 18.6 Å². The number of anilines is 1. The predicted molar refractivity (Wildman–Crippen MR) is 127 cm³/mol. The number of amides is 1. The molecule has 1 amide bonds. The third-order valence-corrected chi connectivity index (χ3v) is 5.70. The zero-order valence-electron chi connectivity index (χ0n) is 18.4. The second-order valence-corrected chi connectivity index (χ2v) is 7.93. The van der Waals surface area contributed by atoms with E-state index >= 15 is 0 Å². The largest absolute Gasteiger partial charge is 0.507 e. The van der Waals surface area contributed by atoms with Crippen molar-refractivity contribution >= 4 is 34.7 Å². The van der Waals surface area contributed by atoms with Crippen LogP contribution in [0.3, 0.4) is 0 Å². The Balaban J connectivity index is 1.98. The number of ketones is 1. The molecule has 8 heteroatoms. The van der Waals surface area contributed by atoms with Gasteiger partial charge in [0.1, 0.15) is 23.1 Å². The van der Waals surface area contributed by atoms with E-state index < -0.39 is 29.3 Å². The molecule has 4 rings (SSSR count). The van der Waals surface area contributed by atoms with E-state index in [4.69, 9.17) is 21.1 Å². The lowest BCUT2D eigenvalue weighted by Crippen LogP contribution is -2.29. The standard InChI is InChI=1S/C26H21ClFNO5/c1-3-34-19-6-4-5-15(13-19)23-22(24(30)20-14-17(28)9-12-21(20)33-2)25(31)26(32)29(23)18-10-7-16(27)8-11-18/h4-14,23,30H,3H2,1-2H3/b24-22+. The van der Waals surface area contributed by atoms with Crippen LogP contribution in [-0.4, -0.2) is 30.5 Å². The Kier molecular flexibility index (Phi) is 6.56. The van der Waals surface area contributed by atoms with Crippen LogP contribution in [-0.2, 0) is 9.59 Å². The SMILES string of the molecule is CCOc1cccc(C2/C(=C(\O)c3cc(F)ccc3OC)C(=O)C(=O)N2c2ccc(Cl)cc2)c1. The van der Waals surface area contributed by atoms with Gasteiger partial charge in [-0.15, -0.1) is 0 Å². The van der Waals surface area contributed by atoms with Crippen LogP contribution in [0.2, 0.25) is 5.02 Å². The molecule has 0 bridgehead atoms. The van der Waals surface area contributed by atoms with Crippen molar-refractivity contribution in [3.05, 3.63) is 94.3 Å². The minimum atomic E-state index is -1.01. The maximum absolute atomic E-state index is 14.1. The van der Waals surface area contributed by atoms with Crippen LogP contribution in [0.4, 0.5) is 10.1 Å². The molecule has 1 unspecified atom stereocenters. The summed E-state index contributed by atoms with van der Waals surface area (Å²) in [5.74, 6) is -2.25. The molecule has 0 saturated carbocycles. The number of halogens is 2. The van der Waals surface area contributed by atoms with Crippen LogP contribution in [0.5, 0.6) is 11.5 Å². The van der Waals surface area contributed by atoms with Gasteiger partial charge in [-0.05, 0) is 67.1 Å². The van der Waals surface area contributed by atoms with Crippen molar-refractivity contribution in [2.24, 2.45) is 0 Å². The number of methoxy groups -OCH3 is 1. The Hall–Kier alpha value is -3.84. The topological polar surface area (TPSA) is 76.1 Å². The summed E-state index contributed by atoms with van der Waals surface area (Å²) in [6.45, 7) is 2.25. The van der Waals surface area contributed by atoms with E-state index in [1.165, 1.54) is 24.1 Å². The fourth-order valence-corrected chi connectivity index (χ4v) is 4.09. The minimum Gasteiger partial charge on any atom is -0.507 e. The summed E-state index contributed by atoms with van der Waals surface area (Å²) in [7, 11) is 1.36. The molecule has 1 N–H and O–H groups in total. The molecule has 6 nitrogen and oxygen atoms in total. The normalized spacial score (nSPS) is 17.2. The third kappa shape index (κ3) is 4.22. The highest BCUT2D eigenvalue weighted by molar-refractivity contribution is 6.51. The molecule has 3 aromatic rings. The summed E-state index contributed by atoms with van der Waals surface area (Å²) in [4.78, 5) is 27.7. The van der Waals surface area contributed by atoms with Crippen LogP contribution in [0.1, 0.15) is 24.1 Å². The van der Waals surface area contributed by atoms with Crippen molar-refractivity contribution in [3.8, 4) is 11.5 Å². The summed E-state index contributed by atoms with van der Waals surface area (Å²) in [6, 6.07) is 15.9. The number of benzene rings is 3. The molecule has 0 radical (unpaired) electrons. The number of rotatable bonds is 6. The van der Waals surface area contributed by atoms with Gasteiger partial charge in [-0.2, -0.15) is 0 Å². The molecule has 3 aromatic carbocycles. The Bertz CT molecular complexity index is 1290. The lowest BCUT2D eigenvalue weighted by Gasteiger charge is -2.26. The first kappa shape index (κ1) is 23.3. The molecular formula is C26H21ClFNO5. The second-order valence-electron chi connectivity index (χ2n) is 7.50. The highest BCUT2D eigenvalue weighted by Gasteiger charge is 2.47.